The van der Waals surface area contributed by atoms with Gasteiger partial charge in [0.15, 0.2) is 5.96 Å². The molecule has 1 aliphatic carbocycles. The van der Waals surface area contributed by atoms with E-state index in [1.807, 2.05) is 0 Å². The van der Waals surface area contributed by atoms with Crippen molar-refractivity contribution in [1.82, 2.24) is 5.32 Å². The van der Waals surface area contributed by atoms with E-state index in [-0.39, 0.29) is 0 Å². The van der Waals surface area contributed by atoms with E-state index in [2.05, 4.69) is 24.2 Å². The highest BCUT2D eigenvalue weighted by molar-refractivity contribution is 5.78. The second kappa shape index (κ2) is 5.10. The fourth-order valence-corrected chi connectivity index (χ4v) is 1.27. The van der Waals surface area contributed by atoms with Gasteiger partial charge in [0.25, 0.3) is 0 Å². The van der Waals surface area contributed by atoms with Crippen LogP contribution in [-0.4, -0.2) is 18.0 Å². The lowest BCUT2D eigenvalue weighted by atomic mass is 10.1. The molecule has 0 radical (unpaired) electrons. The van der Waals surface area contributed by atoms with Gasteiger partial charge in [-0.15, -0.1) is 0 Å². The molecule has 3 nitrogen and oxygen atoms in total. The van der Waals surface area contributed by atoms with Crippen molar-refractivity contribution in [3.8, 4) is 0 Å². The van der Waals surface area contributed by atoms with Crippen molar-refractivity contribution in [2.24, 2.45) is 10.7 Å². The van der Waals surface area contributed by atoms with E-state index in [1.54, 1.807) is 0 Å². The molecular weight excluding hydrogens is 162 g/mol. The average Bonchev–Trinajstić information content (AvgIpc) is 2.84. The molecule has 1 atom stereocenters. The van der Waals surface area contributed by atoms with E-state index >= 15 is 0 Å². The highest BCUT2D eigenvalue weighted by Gasteiger charge is 2.20. The molecule has 13 heavy (non-hydrogen) atoms. The maximum Gasteiger partial charge on any atom is 0.189 e. The van der Waals surface area contributed by atoms with E-state index in [1.165, 1.54) is 32.1 Å². The van der Waals surface area contributed by atoms with Crippen molar-refractivity contribution in [2.45, 2.75) is 58.0 Å². The fraction of sp³-hybridized carbons (Fsp3) is 0.900. The number of nitrogens with zero attached hydrogens (tertiary/aromatic N) is 1. The Morgan fingerprint density at radius 2 is 2.31 bits per heavy atom. The van der Waals surface area contributed by atoms with E-state index in [0.717, 1.165) is 0 Å². The Morgan fingerprint density at radius 3 is 2.85 bits per heavy atom. The van der Waals surface area contributed by atoms with Crippen molar-refractivity contribution < 1.29 is 0 Å². The molecule has 3 N–H and O–H groups in total. The van der Waals surface area contributed by atoms with Crippen LogP contribution in [0.15, 0.2) is 4.99 Å². The predicted octanol–water partition coefficient (Wildman–Crippen LogP) is 1.63. The zero-order valence-electron chi connectivity index (χ0n) is 8.71. The summed E-state index contributed by atoms with van der Waals surface area (Å²) in [6, 6.07) is 0.980. The second-order valence-electron chi connectivity index (χ2n) is 3.93. The molecule has 1 fully saturated rings. The van der Waals surface area contributed by atoms with Crippen LogP contribution < -0.4 is 11.1 Å². The van der Waals surface area contributed by atoms with Gasteiger partial charge < -0.3 is 11.1 Å². The maximum absolute atomic E-state index is 5.73. The minimum absolute atomic E-state index is 0.461. The van der Waals surface area contributed by atoms with Crippen LogP contribution in [0, 0.1) is 0 Å². The quantitative estimate of drug-likeness (QED) is 0.503. The third-order valence-electron chi connectivity index (χ3n) is 2.25. The van der Waals surface area contributed by atoms with E-state index in [4.69, 9.17) is 5.73 Å². The molecule has 3 heteroatoms. The van der Waals surface area contributed by atoms with E-state index in [0.29, 0.717) is 18.0 Å². The van der Waals surface area contributed by atoms with Gasteiger partial charge in [-0.25, -0.2) is 0 Å². The minimum Gasteiger partial charge on any atom is -0.370 e. The lowest BCUT2D eigenvalue weighted by molar-refractivity contribution is 0.567. The SMILES string of the molecule is CCCCC(C)NC(N)=NC1CC1. The van der Waals surface area contributed by atoms with Crippen LogP contribution in [-0.2, 0) is 0 Å². The summed E-state index contributed by atoms with van der Waals surface area (Å²) >= 11 is 0. The van der Waals surface area contributed by atoms with Crippen LogP contribution in [0.1, 0.15) is 46.0 Å². The van der Waals surface area contributed by atoms with Crippen molar-refractivity contribution in [2.75, 3.05) is 0 Å². The summed E-state index contributed by atoms with van der Waals surface area (Å²) in [5.74, 6) is 0.631. The molecule has 0 spiro atoms. The van der Waals surface area contributed by atoms with Gasteiger partial charge in [-0.05, 0) is 26.2 Å². The third-order valence-corrected chi connectivity index (χ3v) is 2.25. The summed E-state index contributed by atoms with van der Waals surface area (Å²) in [5.41, 5.74) is 5.73. The largest absolute Gasteiger partial charge is 0.370 e. The van der Waals surface area contributed by atoms with Crippen molar-refractivity contribution in [3.63, 3.8) is 0 Å². The molecule has 1 unspecified atom stereocenters. The first-order valence-corrected chi connectivity index (χ1v) is 5.32. The topological polar surface area (TPSA) is 50.4 Å². The Morgan fingerprint density at radius 1 is 1.62 bits per heavy atom. The van der Waals surface area contributed by atoms with Crippen molar-refractivity contribution in [3.05, 3.63) is 0 Å². The Kier molecular flexibility index (Phi) is 4.06. The van der Waals surface area contributed by atoms with Gasteiger partial charge in [-0.1, -0.05) is 19.8 Å². The van der Waals surface area contributed by atoms with Crippen molar-refractivity contribution in [1.29, 1.82) is 0 Å². The zero-order valence-corrected chi connectivity index (χ0v) is 8.71. The summed E-state index contributed by atoms with van der Waals surface area (Å²) in [4.78, 5) is 4.32. The minimum atomic E-state index is 0.461. The van der Waals surface area contributed by atoms with Gasteiger partial charge in [-0.2, -0.15) is 0 Å². The van der Waals surface area contributed by atoms with Gasteiger partial charge in [0.05, 0.1) is 6.04 Å². The summed E-state index contributed by atoms with van der Waals surface area (Å²) in [5, 5.41) is 3.21. The number of hydrogen-bond donors (Lipinski definition) is 2. The van der Waals surface area contributed by atoms with Crippen LogP contribution in [0.2, 0.25) is 0 Å². The van der Waals surface area contributed by atoms with Crippen LogP contribution in [0.4, 0.5) is 0 Å². The first-order valence-electron chi connectivity index (χ1n) is 5.32. The van der Waals surface area contributed by atoms with Gasteiger partial charge in [-0.3, -0.25) is 4.99 Å². The summed E-state index contributed by atoms with van der Waals surface area (Å²) in [6.45, 7) is 4.36. The van der Waals surface area contributed by atoms with Crippen LogP contribution in [0.25, 0.3) is 0 Å². The Balaban J connectivity index is 2.13. The zero-order chi connectivity index (χ0) is 9.68. The normalized spacial score (nSPS) is 20.0. The molecule has 0 aromatic heterocycles. The first kappa shape index (κ1) is 10.4. The van der Waals surface area contributed by atoms with Gasteiger partial charge >= 0.3 is 0 Å². The Hall–Kier alpha value is -0.730. The number of nitrogens with one attached hydrogen (secondary N) is 1. The number of rotatable bonds is 5. The standard InChI is InChI=1S/C10H21N3/c1-3-4-5-8(2)12-10(11)13-9-6-7-9/h8-9H,3-7H2,1-2H3,(H3,11,12,13). The molecule has 0 aromatic rings. The number of hydrogen-bond acceptors (Lipinski definition) is 1. The molecule has 1 saturated carbocycles. The Bertz CT molecular complexity index is 173. The van der Waals surface area contributed by atoms with E-state index in [9.17, 15) is 0 Å². The average molecular weight is 183 g/mol. The van der Waals surface area contributed by atoms with Crippen molar-refractivity contribution >= 4 is 5.96 Å². The van der Waals surface area contributed by atoms with Gasteiger partial charge in [0.2, 0.25) is 0 Å². The number of aliphatic imine (C=N–C) groups is 1. The molecule has 0 saturated heterocycles. The Labute approximate surface area is 80.8 Å². The highest BCUT2D eigenvalue weighted by Crippen LogP contribution is 2.22. The van der Waals surface area contributed by atoms with E-state index < -0.39 is 0 Å². The van der Waals surface area contributed by atoms with Gasteiger partial charge in [0, 0.05) is 6.04 Å². The highest BCUT2D eigenvalue weighted by atomic mass is 15.1. The lowest BCUT2D eigenvalue weighted by Crippen LogP contribution is -2.38. The summed E-state index contributed by atoms with van der Waals surface area (Å²) in [6.07, 6.45) is 6.10. The molecule has 0 amide bonds. The number of guanidine groups is 1. The molecule has 1 rings (SSSR count). The molecule has 0 aliphatic heterocycles. The molecule has 0 bridgehead atoms. The summed E-state index contributed by atoms with van der Waals surface area (Å²) in [7, 11) is 0. The fourth-order valence-electron chi connectivity index (χ4n) is 1.27. The molecular formula is C10H21N3. The molecule has 1 aliphatic rings. The smallest absolute Gasteiger partial charge is 0.189 e. The number of nitrogens with two attached hydrogens (primary N) is 1. The lowest BCUT2D eigenvalue weighted by Gasteiger charge is -2.13. The predicted molar refractivity (Wildman–Crippen MR) is 56.8 cm³/mol. The number of unbranched alkanes of at least 4 members (excludes halogenated alkanes) is 1. The van der Waals surface area contributed by atoms with Crippen LogP contribution >= 0.6 is 0 Å². The maximum atomic E-state index is 5.73. The molecule has 0 aromatic carbocycles. The van der Waals surface area contributed by atoms with Gasteiger partial charge in [0.1, 0.15) is 0 Å². The summed E-state index contributed by atoms with van der Waals surface area (Å²) < 4.78 is 0. The molecule has 76 valence electrons. The second-order valence-corrected chi connectivity index (χ2v) is 3.93. The first-order chi connectivity index (χ1) is 6.22. The molecule has 0 heterocycles. The third kappa shape index (κ3) is 4.76. The monoisotopic (exact) mass is 183 g/mol. The van der Waals surface area contributed by atoms with Crippen LogP contribution in [0.3, 0.4) is 0 Å². The van der Waals surface area contributed by atoms with Crippen LogP contribution in [0.5, 0.6) is 0 Å².